The third-order valence-corrected chi connectivity index (χ3v) is 9.68. The van der Waals surface area contributed by atoms with Crippen molar-refractivity contribution in [3.63, 3.8) is 0 Å². The molecule has 0 bridgehead atoms. The van der Waals surface area contributed by atoms with E-state index in [9.17, 15) is 9.90 Å². The van der Waals surface area contributed by atoms with Gasteiger partial charge in [-0.05, 0) is 24.6 Å². The first-order chi connectivity index (χ1) is 8.43. The summed E-state index contributed by atoms with van der Waals surface area (Å²) in [6.45, 7) is 15.2. The molecule has 0 aliphatic heterocycles. The molecule has 2 atom stereocenters. The summed E-state index contributed by atoms with van der Waals surface area (Å²) in [4.78, 5) is 11.9. The maximum absolute atomic E-state index is 11.9. The first kappa shape index (κ1) is 16.9. The molecule has 0 radical (unpaired) electrons. The van der Waals surface area contributed by atoms with Crippen molar-refractivity contribution in [1.82, 2.24) is 0 Å². The maximum atomic E-state index is 11.9. The quantitative estimate of drug-likeness (QED) is 0.809. The van der Waals surface area contributed by atoms with E-state index in [2.05, 4.69) is 47.7 Å². The van der Waals surface area contributed by atoms with Crippen LogP contribution in [0.2, 0.25) is 18.1 Å². The van der Waals surface area contributed by atoms with Crippen molar-refractivity contribution >= 4 is 14.1 Å². The van der Waals surface area contributed by atoms with Gasteiger partial charge in [0.25, 0.3) is 0 Å². The van der Waals surface area contributed by atoms with Crippen molar-refractivity contribution < 1.29 is 14.3 Å². The highest BCUT2D eigenvalue weighted by atomic mass is 28.4. The van der Waals surface area contributed by atoms with E-state index >= 15 is 0 Å². The Bertz CT molecular complexity index is 342. The number of hydrogen-bond acceptors (Lipinski definition) is 3. The third-order valence-electron chi connectivity index (χ3n) is 5.20. The van der Waals surface area contributed by atoms with E-state index in [1.165, 1.54) is 0 Å². The molecule has 1 rings (SSSR count). The molecule has 1 fully saturated rings. The van der Waals surface area contributed by atoms with E-state index < -0.39 is 8.32 Å². The van der Waals surface area contributed by atoms with Crippen molar-refractivity contribution in [2.24, 2.45) is 11.3 Å². The zero-order valence-electron chi connectivity index (χ0n) is 13.5. The van der Waals surface area contributed by atoms with Crippen LogP contribution in [-0.4, -0.2) is 31.9 Å². The predicted octanol–water partition coefficient (Wildman–Crippen LogP) is 3.37. The molecule has 0 aromatic heterocycles. The van der Waals surface area contributed by atoms with E-state index in [0.717, 1.165) is 6.42 Å². The second-order valence-electron chi connectivity index (χ2n) is 7.93. The second kappa shape index (κ2) is 5.30. The van der Waals surface area contributed by atoms with Gasteiger partial charge in [-0.25, -0.2) is 0 Å². The van der Waals surface area contributed by atoms with Gasteiger partial charge in [-0.2, -0.15) is 0 Å². The van der Waals surface area contributed by atoms with Crippen molar-refractivity contribution in [3.8, 4) is 0 Å². The topological polar surface area (TPSA) is 46.5 Å². The second-order valence-corrected chi connectivity index (χ2v) is 12.7. The van der Waals surface area contributed by atoms with Gasteiger partial charge in [0.15, 0.2) is 8.32 Å². The minimum absolute atomic E-state index is 0.0663. The van der Waals surface area contributed by atoms with E-state index in [0.29, 0.717) is 6.42 Å². The van der Waals surface area contributed by atoms with E-state index in [-0.39, 0.29) is 34.9 Å². The Kier molecular flexibility index (Phi) is 4.70. The van der Waals surface area contributed by atoms with Crippen molar-refractivity contribution in [2.75, 3.05) is 6.61 Å². The summed E-state index contributed by atoms with van der Waals surface area (Å²) in [5.41, 5.74) is -0.278. The Labute approximate surface area is 118 Å². The fourth-order valence-corrected chi connectivity index (χ4v) is 4.03. The summed E-state index contributed by atoms with van der Waals surface area (Å²) in [5.74, 6) is -0.0985. The smallest absolute Gasteiger partial charge is 0.192 e. The largest absolute Gasteiger partial charge is 0.413 e. The van der Waals surface area contributed by atoms with Crippen LogP contribution in [0.4, 0.5) is 0 Å². The molecule has 112 valence electrons. The number of carbonyl (C=O) groups is 1. The first-order valence-electron chi connectivity index (χ1n) is 7.25. The normalized spacial score (nSPS) is 28.5. The molecule has 0 spiro atoms. The molecule has 0 aromatic rings. The number of rotatable bonds is 3. The van der Waals surface area contributed by atoms with Crippen LogP contribution in [0.3, 0.4) is 0 Å². The predicted molar refractivity (Wildman–Crippen MR) is 80.7 cm³/mol. The van der Waals surface area contributed by atoms with Gasteiger partial charge >= 0.3 is 0 Å². The molecule has 1 aliphatic carbocycles. The monoisotopic (exact) mass is 286 g/mol. The van der Waals surface area contributed by atoms with Gasteiger partial charge < -0.3 is 9.53 Å². The summed E-state index contributed by atoms with van der Waals surface area (Å²) in [6.07, 6.45) is 1.39. The average Bonchev–Trinajstić information content (AvgIpc) is 2.21. The van der Waals surface area contributed by atoms with Gasteiger partial charge in [0, 0.05) is 17.8 Å². The Morgan fingerprint density at radius 1 is 1.37 bits per heavy atom. The zero-order chi connectivity index (χ0) is 15.1. The first-order valence-corrected chi connectivity index (χ1v) is 10.2. The molecule has 3 nitrogen and oxygen atoms in total. The van der Waals surface area contributed by atoms with Crippen LogP contribution in [0.1, 0.15) is 47.5 Å². The Morgan fingerprint density at radius 2 is 1.89 bits per heavy atom. The molecule has 1 aliphatic rings. The van der Waals surface area contributed by atoms with Crippen molar-refractivity contribution in [3.05, 3.63) is 0 Å². The van der Waals surface area contributed by atoms with Crippen LogP contribution < -0.4 is 0 Å². The lowest BCUT2D eigenvalue weighted by Crippen LogP contribution is -2.54. The van der Waals surface area contributed by atoms with Gasteiger partial charge in [-0.3, -0.25) is 4.79 Å². The lowest BCUT2D eigenvalue weighted by atomic mass is 9.66. The Hall–Kier alpha value is -0.193. The summed E-state index contributed by atoms with van der Waals surface area (Å²) >= 11 is 0. The summed E-state index contributed by atoms with van der Waals surface area (Å²) in [5, 5.41) is 9.67. The molecule has 2 unspecified atom stereocenters. The van der Waals surface area contributed by atoms with Crippen LogP contribution in [0, 0.1) is 11.3 Å². The highest BCUT2D eigenvalue weighted by Crippen LogP contribution is 2.45. The average molecular weight is 286 g/mol. The highest BCUT2D eigenvalue weighted by molar-refractivity contribution is 6.74. The minimum atomic E-state index is -1.84. The van der Waals surface area contributed by atoms with Crippen molar-refractivity contribution in [1.29, 1.82) is 0 Å². The lowest BCUT2D eigenvalue weighted by molar-refractivity contribution is -0.138. The number of Topliss-reactive ketones (excluding diaryl/α,β-unsaturated/α-hetero) is 1. The number of ketones is 1. The summed E-state index contributed by atoms with van der Waals surface area (Å²) in [7, 11) is -1.84. The molecule has 0 saturated heterocycles. The van der Waals surface area contributed by atoms with Crippen LogP contribution in [0.5, 0.6) is 0 Å². The van der Waals surface area contributed by atoms with Crippen LogP contribution in [-0.2, 0) is 9.22 Å². The fraction of sp³-hybridized carbons (Fsp3) is 0.933. The number of hydrogen-bond donors (Lipinski definition) is 1. The highest BCUT2D eigenvalue weighted by Gasteiger charge is 2.49. The molecule has 0 heterocycles. The van der Waals surface area contributed by atoms with Crippen molar-refractivity contribution in [2.45, 2.75) is 71.7 Å². The molecule has 0 amide bonds. The minimum Gasteiger partial charge on any atom is -0.413 e. The standard InChI is InChI=1S/C15H30O3Si/c1-14(2,3)19(6,7)18-13-9-8-12(17)11(10-16)15(13,4)5/h11,13,16H,8-10H2,1-7H3. The van der Waals surface area contributed by atoms with Gasteiger partial charge in [0.1, 0.15) is 5.78 Å². The van der Waals surface area contributed by atoms with Crippen LogP contribution in [0.15, 0.2) is 0 Å². The SMILES string of the molecule is CC1(C)C(O[Si](C)(C)C(C)(C)C)CCC(=O)C1CO. The van der Waals surface area contributed by atoms with Gasteiger partial charge in [0.05, 0.1) is 12.7 Å². The molecular formula is C15H30O3Si. The van der Waals surface area contributed by atoms with E-state index in [1.807, 2.05) is 0 Å². The molecule has 4 heteroatoms. The van der Waals surface area contributed by atoms with Gasteiger partial charge in [0.2, 0.25) is 0 Å². The Morgan fingerprint density at radius 3 is 2.32 bits per heavy atom. The van der Waals surface area contributed by atoms with E-state index in [4.69, 9.17) is 4.43 Å². The lowest BCUT2D eigenvalue weighted by Gasteiger charge is -2.48. The summed E-state index contributed by atoms with van der Waals surface area (Å²) in [6, 6.07) is 0. The number of aliphatic hydroxyl groups excluding tert-OH is 1. The molecule has 1 N–H and O–H groups in total. The number of carbonyl (C=O) groups excluding carboxylic acids is 1. The van der Waals surface area contributed by atoms with Gasteiger partial charge in [-0.15, -0.1) is 0 Å². The Balaban J connectivity index is 2.93. The van der Waals surface area contributed by atoms with Gasteiger partial charge in [-0.1, -0.05) is 34.6 Å². The third kappa shape index (κ3) is 3.28. The number of aliphatic hydroxyl groups is 1. The fourth-order valence-electron chi connectivity index (χ4n) is 2.54. The molecule has 1 saturated carbocycles. The van der Waals surface area contributed by atoms with Crippen LogP contribution in [0.25, 0.3) is 0 Å². The summed E-state index contributed by atoms with van der Waals surface area (Å²) < 4.78 is 6.51. The molecule has 0 aromatic carbocycles. The van der Waals surface area contributed by atoms with Crippen LogP contribution >= 0.6 is 0 Å². The molecular weight excluding hydrogens is 256 g/mol. The molecule has 19 heavy (non-hydrogen) atoms. The van der Waals surface area contributed by atoms with E-state index in [1.54, 1.807) is 0 Å². The zero-order valence-corrected chi connectivity index (χ0v) is 14.5. The maximum Gasteiger partial charge on any atom is 0.192 e.